The number of carbonyl (C=O) groups is 2. The van der Waals surface area contributed by atoms with E-state index in [0.717, 1.165) is 29.7 Å². The molecule has 5 heteroatoms. The van der Waals surface area contributed by atoms with Crippen LogP contribution < -0.4 is 5.73 Å². The Balaban J connectivity index is 1.73. The van der Waals surface area contributed by atoms with Gasteiger partial charge in [0.15, 0.2) is 0 Å². The summed E-state index contributed by atoms with van der Waals surface area (Å²) < 4.78 is 2.29. The maximum Gasteiger partial charge on any atom is 0.251 e. The molecule has 1 saturated carbocycles. The summed E-state index contributed by atoms with van der Waals surface area (Å²) in [6, 6.07) is 8.29. The zero-order valence-electron chi connectivity index (χ0n) is 15.0. The number of nitrogens with zero attached hydrogens (tertiary/aromatic N) is 2. The van der Waals surface area contributed by atoms with E-state index < -0.39 is 0 Å². The highest BCUT2D eigenvalue weighted by Crippen LogP contribution is 2.51. The smallest absolute Gasteiger partial charge is 0.251 e. The molecule has 5 rings (SSSR count). The fourth-order valence-electron chi connectivity index (χ4n) is 5.37. The fourth-order valence-corrected chi connectivity index (χ4v) is 5.37. The van der Waals surface area contributed by atoms with Crippen LogP contribution in [0.5, 0.6) is 0 Å². The van der Waals surface area contributed by atoms with Crippen LogP contribution in [-0.2, 0) is 4.79 Å². The van der Waals surface area contributed by atoms with Crippen molar-refractivity contribution in [3.05, 3.63) is 35.5 Å². The largest absolute Gasteiger partial charge is 0.366 e. The molecule has 3 atom stereocenters. The number of aromatic nitrogens is 1. The number of fused-ring (bicyclic) bond motifs is 3. The molecular formula is C20H25N3O2. The minimum Gasteiger partial charge on any atom is -0.366 e. The summed E-state index contributed by atoms with van der Waals surface area (Å²) in [7, 11) is 0. The average molecular weight is 339 g/mol. The van der Waals surface area contributed by atoms with Gasteiger partial charge in [-0.2, -0.15) is 0 Å². The Morgan fingerprint density at radius 3 is 2.44 bits per heavy atom. The van der Waals surface area contributed by atoms with E-state index in [-0.39, 0.29) is 17.9 Å². The maximum absolute atomic E-state index is 12.0. The van der Waals surface area contributed by atoms with Crippen molar-refractivity contribution in [1.29, 1.82) is 0 Å². The number of hydrogen-bond acceptors (Lipinski definition) is 2. The number of carbonyl (C=O) groups excluding carboxylic acids is 2. The lowest BCUT2D eigenvalue weighted by atomic mass is 9.59. The first-order valence-electron chi connectivity index (χ1n) is 9.05. The molecule has 0 spiro atoms. The molecule has 2 N–H and O–H groups in total. The van der Waals surface area contributed by atoms with Crippen molar-refractivity contribution in [3.63, 3.8) is 0 Å². The van der Waals surface area contributed by atoms with E-state index in [1.165, 1.54) is 6.42 Å². The topological polar surface area (TPSA) is 68.3 Å². The van der Waals surface area contributed by atoms with Gasteiger partial charge in [0, 0.05) is 42.7 Å². The highest BCUT2D eigenvalue weighted by molar-refractivity contribution is 6.07. The van der Waals surface area contributed by atoms with Gasteiger partial charge in [-0.15, -0.1) is 0 Å². The number of rotatable bonds is 3. The molecule has 3 unspecified atom stereocenters. The minimum atomic E-state index is -0.365. The second kappa shape index (κ2) is 5.61. The zero-order valence-corrected chi connectivity index (χ0v) is 15.0. The van der Waals surface area contributed by atoms with Crippen molar-refractivity contribution in [2.45, 2.75) is 33.2 Å². The molecule has 1 aliphatic carbocycles. The highest BCUT2D eigenvalue weighted by atomic mass is 16.2. The van der Waals surface area contributed by atoms with Crippen LogP contribution in [-0.4, -0.2) is 34.4 Å². The van der Waals surface area contributed by atoms with Gasteiger partial charge in [0.1, 0.15) is 0 Å². The lowest BCUT2D eigenvalue weighted by Gasteiger charge is -2.56. The number of amides is 2. The second-order valence-electron chi connectivity index (χ2n) is 7.71. The molecular weight excluding hydrogens is 314 g/mol. The monoisotopic (exact) mass is 339 g/mol. The van der Waals surface area contributed by atoms with Gasteiger partial charge in [-0.05, 0) is 44.1 Å². The number of piperidine rings is 2. The van der Waals surface area contributed by atoms with Crippen LogP contribution in [0, 0.1) is 24.7 Å². The number of nitrogens with two attached hydrogens (primary N) is 1. The molecule has 2 bridgehead atoms. The van der Waals surface area contributed by atoms with Crippen molar-refractivity contribution < 1.29 is 9.59 Å². The standard InChI is InChI=1S/C20H25N3O2/c1-11(18-14-8-15(18)10-22(9-14)13(3)24)23-12(2)19(20(21)25)16-6-4-5-7-17(16)23/h4-7,11,14-15,18H,8-10H2,1-3H3,(H2,21,25). The minimum absolute atomic E-state index is 0.180. The molecule has 5 nitrogen and oxygen atoms in total. The van der Waals surface area contributed by atoms with Gasteiger partial charge < -0.3 is 15.2 Å². The summed E-state index contributed by atoms with van der Waals surface area (Å²) in [5, 5.41) is 0.939. The first kappa shape index (κ1) is 16.2. The molecule has 1 aromatic heterocycles. The van der Waals surface area contributed by atoms with Gasteiger partial charge >= 0.3 is 0 Å². The molecule has 2 saturated heterocycles. The van der Waals surface area contributed by atoms with Crippen LogP contribution in [0.15, 0.2) is 24.3 Å². The van der Waals surface area contributed by atoms with Gasteiger partial charge in [-0.3, -0.25) is 9.59 Å². The van der Waals surface area contributed by atoms with Crippen molar-refractivity contribution in [2.75, 3.05) is 13.1 Å². The van der Waals surface area contributed by atoms with E-state index in [0.29, 0.717) is 23.3 Å². The lowest BCUT2D eigenvalue weighted by molar-refractivity contribution is -0.141. The Kier molecular flexibility index (Phi) is 3.63. The molecule has 1 aromatic carbocycles. The normalized spacial score (nSPS) is 26.4. The molecule has 2 aromatic rings. The fraction of sp³-hybridized carbons (Fsp3) is 0.500. The lowest BCUT2D eigenvalue weighted by Crippen LogP contribution is -2.58. The van der Waals surface area contributed by atoms with Crippen LogP contribution in [0.1, 0.15) is 42.4 Å². The van der Waals surface area contributed by atoms with E-state index >= 15 is 0 Å². The van der Waals surface area contributed by atoms with Crippen LogP contribution in [0.4, 0.5) is 0 Å². The van der Waals surface area contributed by atoms with Crippen molar-refractivity contribution in [2.24, 2.45) is 23.5 Å². The molecule has 3 aliphatic rings. The Morgan fingerprint density at radius 2 is 1.84 bits per heavy atom. The summed E-state index contributed by atoms with van der Waals surface area (Å²) in [6.07, 6.45) is 1.21. The Hall–Kier alpha value is -2.30. The van der Waals surface area contributed by atoms with Crippen LogP contribution in [0.2, 0.25) is 0 Å². The van der Waals surface area contributed by atoms with E-state index in [1.54, 1.807) is 6.92 Å². The van der Waals surface area contributed by atoms with E-state index in [4.69, 9.17) is 5.73 Å². The van der Waals surface area contributed by atoms with Crippen LogP contribution in [0.3, 0.4) is 0 Å². The second-order valence-corrected chi connectivity index (χ2v) is 7.71. The molecule has 2 aliphatic heterocycles. The number of para-hydroxylation sites is 1. The van der Waals surface area contributed by atoms with Crippen LogP contribution >= 0.6 is 0 Å². The molecule has 132 valence electrons. The molecule has 2 amide bonds. The third-order valence-electron chi connectivity index (χ3n) is 6.42. The Bertz CT molecular complexity index is 857. The third-order valence-corrected chi connectivity index (χ3v) is 6.42. The van der Waals surface area contributed by atoms with E-state index in [1.807, 2.05) is 30.0 Å². The van der Waals surface area contributed by atoms with Gasteiger partial charge in [0.2, 0.25) is 5.91 Å². The van der Waals surface area contributed by atoms with Gasteiger partial charge in [0.25, 0.3) is 5.91 Å². The third kappa shape index (κ3) is 2.29. The van der Waals surface area contributed by atoms with E-state index in [9.17, 15) is 9.59 Å². The predicted octanol–water partition coefficient (Wildman–Crippen LogP) is 2.72. The van der Waals surface area contributed by atoms with Crippen molar-refractivity contribution in [1.82, 2.24) is 9.47 Å². The summed E-state index contributed by atoms with van der Waals surface area (Å²) in [6.45, 7) is 7.62. The Morgan fingerprint density at radius 1 is 1.20 bits per heavy atom. The van der Waals surface area contributed by atoms with Gasteiger partial charge in [-0.1, -0.05) is 18.2 Å². The quantitative estimate of drug-likeness (QED) is 0.934. The van der Waals surface area contributed by atoms with Crippen molar-refractivity contribution >= 4 is 22.7 Å². The zero-order chi connectivity index (χ0) is 17.9. The molecule has 3 heterocycles. The maximum atomic E-state index is 12.0. The predicted molar refractivity (Wildman–Crippen MR) is 97.2 cm³/mol. The number of hydrogen-bond donors (Lipinski definition) is 1. The van der Waals surface area contributed by atoms with Crippen LogP contribution in [0.25, 0.3) is 10.9 Å². The number of primary amides is 1. The Labute approximate surface area is 147 Å². The molecule has 25 heavy (non-hydrogen) atoms. The number of benzene rings is 1. The average Bonchev–Trinajstić information content (AvgIpc) is 2.86. The molecule has 0 radical (unpaired) electrons. The summed E-state index contributed by atoms with van der Waals surface area (Å²) >= 11 is 0. The van der Waals surface area contributed by atoms with Crippen molar-refractivity contribution in [3.8, 4) is 0 Å². The highest BCUT2D eigenvalue weighted by Gasteiger charge is 2.50. The van der Waals surface area contributed by atoms with Gasteiger partial charge in [-0.25, -0.2) is 0 Å². The summed E-state index contributed by atoms with van der Waals surface area (Å²) in [4.78, 5) is 25.7. The summed E-state index contributed by atoms with van der Waals surface area (Å²) in [5.41, 5.74) is 8.33. The first-order chi connectivity index (χ1) is 11.9. The summed E-state index contributed by atoms with van der Waals surface area (Å²) in [5.74, 6) is 1.46. The SMILES string of the molecule is CC(=O)N1CC2CC(C1)C2C(C)n1c(C)c(C(N)=O)c2ccccc21. The molecule has 3 fully saturated rings. The van der Waals surface area contributed by atoms with E-state index in [2.05, 4.69) is 17.6 Å². The van der Waals surface area contributed by atoms with Gasteiger partial charge in [0.05, 0.1) is 5.56 Å². The first-order valence-corrected chi connectivity index (χ1v) is 9.05.